The molecule has 27 heavy (non-hydrogen) atoms. The molecule has 2 aliphatic heterocycles. The number of benzene rings is 1. The fourth-order valence-corrected chi connectivity index (χ4v) is 3.57. The molecule has 7 nitrogen and oxygen atoms in total. The minimum Gasteiger partial charge on any atom is -0.381 e. The summed E-state index contributed by atoms with van der Waals surface area (Å²) in [5.74, 6) is 0.885. The van der Waals surface area contributed by atoms with Crippen LogP contribution in [0.1, 0.15) is 37.6 Å². The number of halogens is 2. The minimum atomic E-state index is -0.510. The molecule has 3 heterocycles. The van der Waals surface area contributed by atoms with Crippen LogP contribution in [0.15, 0.2) is 18.2 Å². The van der Waals surface area contributed by atoms with Gasteiger partial charge in [0.15, 0.2) is 0 Å². The van der Waals surface area contributed by atoms with Gasteiger partial charge in [0, 0.05) is 25.5 Å². The summed E-state index contributed by atoms with van der Waals surface area (Å²) in [5, 5.41) is 2.93. The third-order valence-corrected chi connectivity index (χ3v) is 5.08. The van der Waals surface area contributed by atoms with Gasteiger partial charge in [-0.15, -0.1) is 24.8 Å². The summed E-state index contributed by atoms with van der Waals surface area (Å²) in [7, 11) is 0. The molecule has 150 valence electrons. The summed E-state index contributed by atoms with van der Waals surface area (Å²) in [5.41, 5.74) is 8.62. The molecule has 2 aliphatic rings. The molecule has 2 aromatic rings. The normalized spacial score (nSPS) is 21.3. The van der Waals surface area contributed by atoms with E-state index in [1.54, 1.807) is 0 Å². The van der Waals surface area contributed by atoms with Gasteiger partial charge >= 0.3 is 0 Å². The molecule has 0 saturated carbocycles. The smallest absolute Gasteiger partial charge is 0.241 e. The molecular weight excluding hydrogens is 391 g/mol. The first-order chi connectivity index (χ1) is 12.2. The number of rotatable bonds is 4. The first-order valence-electron chi connectivity index (χ1n) is 8.96. The van der Waals surface area contributed by atoms with Crippen LogP contribution >= 0.6 is 24.8 Å². The number of imidazole rings is 1. The van der Waals surface area contributed by atoms with Crippen molar-refractivity contribution in [2.75, 3.05) is 25.1 Å². The average molecular weight is 417 g/mol. The van der Waals surface area contributed by atoms with Gasteiger partial charge in [0.25, 0.3) is 0 Å². The molecule has 2 atom stereocenters. The minimum absolute atomic E-state index is 0. The number of anilines is 1. The Bertz CT molecular complexity index is 758. The molecule has 0 radical (unpaired) electrons. The van der Waals surface area contributed by atoms with Gasteiger partial charge in [-0.3, -0.25) is 4.79 Å². The summed E-state index contributed by atoms with van der Waals surface area (Å²) in [6.07, 6.45) is 3.77. The van der Waals surface area contributed by atoms with E-state index in [0.29, 0.717) is 13.2 Å². The van der Waals surface area contributed by atoms with Gasteiger partial charge in [0.2, 0.25) is 5.91 Å². The number of carbonyl (C=O) groups excluding carboxylic acids is 1. The largest absolute Gasteiger partial charge is 0.381 e. The molecule has 2 fully saturated rings. The van der Waals surface area contributed by atoms with Crippen molar-refractivity contribution in [3.63, 3.8) is 0 Å². The van der Waals surface area contributed by atoms with Gasteiger partial charge in [-0.1, -0.05) is 0 Å². The lowest BCUT2D eigenvalue weighted by atomic mass is 9.92. The highest BCUT2D eigenvalue weighted by Crippen LogP contribution is 2.29. The number of nitrogens with zero attached hydrogens (tertiary/aromatic N) is 1. The van der Waals surface area contributed by atoms with Crippen molar-refractivity contribution in [3.8, 4) is 0 Å². The van der Waals surface area contributed by atoms with Crippen LogP contribution in [-0.4, -0.2) is 41.7 Å². The summed E-state index contributed by atoms with van der Waals surface area (Å²) < 4.78 is 11.0. The molecule has 1 aromatic heterocycles. The second kappa shape index (κ2) is 9.71. The Labute approximate surface area is 170 Å². The SMILES string of the molecule is Cl.Cl.NC(C(=O)Nc1ccc2nc(C3CCCO3)[nH]c2c1)C1CCOCC1. The molecule has 0 spiro atoms. The Hall–Kier alpha value is -1.38. The molecule has 4 rings (SSSR count). The zero-order chi connectivity index (χ0) is 17.2. The lowest BCUT2D eigenvalue weighted by molar-refractivity contribution is -0.119. The lowest BCUT2D eigenvalue weighted by Crippen LogP contribution is -2.43. The van der Waals surface area contributed by atoms with E-state index in [1.165, 1.54) is 0 Å². The molecular formula is C18H26Cl2N4O3. The quantitative estimate of drug-likeness (QED) is 0.710. The summed E-state index contributed by atoms with van der Waals surface area (Å²) in [6, 6.07) is 5.15. The van der Waals surface area contributed by atoms with Crippen LogP contribution in [-0.2, 0) is 14.3 Å². The second-order valence-corrected chi connectivity index (χ2v) is 6.82. The van der Waals surface area contributed by atoms with E-state index in [4.69, 9.17) is 15.2 Å². The van der Waals surface area contributed by atoms with E-state index in [-0.39, 0.29) is 42.7 Å². The summed E-state index contributed by atoms with van der Waals surface area (Å²) in [6.45, 7) is 2.14. The van der Waals surface area contributed by atoms with Gasteiger partial charge in [-0.2, -0.15) is 0 Å². The fourth-order valence-electron chi connectivity index (χ4n) is 3.57. The van der Waals surface area contributed by atoms with Crippen molar-refractivity contribution >= 4 is 47.4 Å². The summed E-state index contributed by atoms with van der Waals surface area (Å²) >= 11 is 0. The number of hydrogen-bond acceptors (Lipinski definition) is 5. The molecule has 1 aromatic carbocycles. The van der Waals surface area contributed by atoms with Crippen LogP contribution in [0.25, 0.3) is 11.0 Å². The first-order valence-corrected chi connectivity index (χ1v) is 8.96. The maximum atomic E-state index is 12.4. The highest BCUT2D eigenvalue weighted by Gasteiger charge is 2.27. The van der Waals surface area contributed by atoms with Crippen molar-refractivity contribution < 1.29 is 14.3 Å². The zero-order valence-electron chi connectivity index (χ0n) is 15.0. The molecule has 9 heteroatoms. The van der Waals surface area contributed by atoms with Crippen LogP contribution in [0.4, 0.5) is 5.69 Å². The molecule has 2 saturated heterocycles. The Morgan fingerprint density at radius 3 is 2.70 bits per heavy atom. The standard InChI is InChI=1S/C18H24N4O3.2ClH/c19-16(11-5-8-24-9-6-11)18(23)20-12-3-4-13-14(10-12)22-17(21-13)15-2-1-7-25-15;;/h3-4,10-11,15-16H,1-2,5-9,19H2,(H,20,23)(H,21,22);2*1H. The van der Waals surface area contributed by atoms with Crippen LogP contribution in [0.5, 0.6) is 0 Å². The number of ether oxygens (including phenoxy) is 2. The molecule has 2 unspecified atom stereocenters. The van der Waals surface area contributed by atoms with E-state index in [1.807, 2.05) is 18.2 Å². The average Bonchev–Trinajstić information content (AvgIpc) is 3.30. The first kappa shape index (κ1) is 21.9. The Morgan fingerprint density at radius 2 is 2.00 bits per heavy atom. The lowest BCUT2D eigenvalue weighted by Gasteiger charge is -2.26. The third kappa shape index (κ3) is 4.92. The molecule has 0 aliphatic carbocycles. The van der Waals surface area contributed by atoms with E-state index in [9.17, 15) is 4.79 Å². The van der Waals surface area contributed by atoms with Gasteiger partial charge < -0.3 is 25.5 Å². The zero-order valence-corrected chi connectivity index (χ0v) is 16.6. The van der Waals surface area contributed by atoms with E-state index >= 15 is 0 Å². The Balaban J connectivity index is 0.00000131. The summed E-state index contributed by atoms with van der Waals surface area (Å²) in [4.78, 5) is 20.3. The number of fused-ring (bicyclic) bond motifs is 1. The predicted octanol–water partition coefficient (Wildman–Crippen LogP) is 2.95. The van der Waals surface area contributed by atoms with Crippen LogP contribution < -0.4 is 11.1 Å². The number of aromatic nitrogens is 2. The fraction of sp³-hybridized carbons (Fsp3) is 0.556. The highest BCUT2D eigenvalue weighted by molar-refractivity contribution is 5.96. The van der Waals surface area contributed by atoms with Crippen molar-refractivity contribution in [1.82, 2.24) is 9.97 Å². The number of H-pyrrole nitrogens is 1. The van der Waals surface area contributed by atoms with Gasteiger partial charge in [0.1, 0.15) is 11.9 Å². The topological polar surface area (TPSA) is 102 Å². The number of amides is 1. The molecule has 1 amide bonds. The van der Waals surface area contributed by atoms with Crippen LogP contribution in [0.2, 0.25) is 0 Å². The Kier molecular flexibility index (Phi) is 7.88. The maximum Gasteiger partial charge on any atom is 0.241 e. The number of carbonyl (C=O) groups is 1. The van der Waals surface area contributed by atoms with Crippen molar-refractivity contribution in [2.45, 2.75) is 37.8 Å². The predicted molar refractivity (Wildman–Crippen MR) is 109 cm³/mol. The van der Waals surface area contributed by atoms with Gasteiger partial charge in [-0.05, 0) is 49.8 Å². The highest BCUT2D eigenvalue weighted by atomic mass is 35.5. The monoisotopic (exact) mass is 416 g/mol. The molecule has 0 bridgehead atoms. The van der Waals surface area contributed by atoms with Gasteiger partial charge in [-0.25, -0.2) is 4.98 Å². The van der Waals surface area contributed by atoms with Crippen molar-refractivity contribution in [1.29, 1.82) is 0 Å². The number of nitrogens with one attached hydrogen (secondary N) is 2. The van der Waals surface area contributed by atoms with Crippen molar-refractivity contribution in [2.24, 2.45) is 11.7 Å². The van der Waals surface area contributed by atoms with Crippen LogP contribution in [0, 0.1) is 5.92 Å². The second-order valence-electron chi connectivity index (χ2n) is 6.82. The van der Waals surface area contributed by atoms with E-state index < -0.39 is 6.04 Å². The Morgan fingerprint density at radius 1 is 1.22 bits per heavy atom. The maximum absolute atomic E-state index is 12.4. The third-order valence-electron chi connectivity index (χ3n) is 5.08. The van der Waals surface area contributed by atoms with Crippen LogP contribution in [0.3, 0.4) is 0 Å². The van der Waals surface area contributed by atoms with Gasteiger partial charge in [0.05, 0.1) is 17.1 Å². The number of hydrogen-bond donors (Lipinski definition) is 3. The molecule has 4 N–H and O–H groups in total. The number of aromatic amines is 1. The van der Waals surface area contributed by atoms with E-state index in [0.717, 1.165) is 54.8 Å². The number of nitrogens with two attached hydrogens (primary N) is 1. The van der Waals surface area contributed by atoms with Crippen molar-refractivity contribution in [3.05, 3.63) is 24.0 Å². The van der Waals surface area contributed by atoms with E-state index in [2.05, 4.69) is 15.3 Å².